The average Bonchev–Trinajstić information content (AvgIpc) is 2.87. The molecule has 1 heterocycles. The number of esters is 1. The van der Waals surface area contributed by atoms with Gasteiger partial charge in [0.25, 0.3) is 5.91 Å². The first-order valence-corrected chi connectivity index (χ1v) is 10.4. The van der Waals surface area contributed by atoms with Crippen molar-refractivity contribution in [2.75, 3.05) is 5.32 Å². The van der Waals surface area contributed by atoms with Gasteiger partial charge in [-0.05, 0) is 23.8 Å². The summed E-state index contributed by atoms with van der Waals surface area (Å²) in [6, 6.07) is 14.1. The molecule has 0 fully saturated rings. The number of fused-ring (bicyclic) bond motifs is 1. The number of benzene rings is 2. The molecule has 1 N–H and O–H groups in total. The standard InChI is InChI=1S/C22H22ClNO4S/c1-21(2,3)29-19(26)12-18(25)28-22(13-14-8-10-15(23)11-9-14)16-6-4-5-7-17(16)24-20(22)27/h4-11H,12-13H2,1-3H3,(H,24,27)/t22-/m0/s1. The maximum atomic E-state index is 13.0. The highest BCUT2D eigenvalue weighted by Crippen LogP contribution is 2.42. The minimum atomic E-state index is -1.53. The van der Waals surface area contributed by atoms with Crippen molar-refractivity contribution in [2.45, 2.75) is 44.0 Å². The molecule has 152 valence electrons. The van der Waals surface area contributed by atoms with E-state index in [0.717, 1.165) is 17.3 Å². The average molecular weight is 432 g/mol. The number of hydrogen-bond acceptors (Lipinski definition) is 5. The molecule has 1 aliphatic heterocycles. The first-order chi connectivity index (χ1) is 13.6. The molecule has 5 nitrogen and oxygen atoms in total. The van der Waals surface area contributed by atoms with Gasteiger partial charge >= 0.3 is 5.97 Å². The van der Waals surface area contributed by atoms with Crippen LogP contribution >= 0.6 is 23.4 Å². The number of amides is 1. The maximum Gasteiger partial charge on any atom is 0.315 e. The predicted octanol–water partition coefficient (Wildman–Crippen LogP) is 4.72. The van der Waals surface area contributed by atoms with Crippen molar-refractivity contribution in [1.29, 1.82) is 0 Å². The molecular formula is C22H22ClNO4S. The Bertz CT molecular complexity index is 952. The Morgan fingerprint density at radius 1 is 1.10 bits per heavy atom. The number of carbonyl (C=O) groups excluding carboxylic acids is 3. The molecule has 2 aromatic carbocycles. The maximum absolute atomic E-state index is 13.0. The van der Waals surface area contributed by atoms with E-state index in [1.54, 1.807) is 48.5 Å². The molecule has 0 saturated heterocycles. The lowest BCUT2D eigenvalue weighted by atomic mass is 9.88. The zero-order chi connectivity index (χ0) is 21.2. The van der Waals surface area contributed by atoms with E-state index >= 15 is 0 Å². The molecule has 1 amide bonds. The first kappa shape index (κ1) is 21.4. The van der Waals surface area contributed by atoms with Gasteiger partial charge in [-0.25, -0.2) is 0 Å². The lowest BCUT2D eigenvalue weighted by Gasteiger charge is -2.28. The molecule has 0 aliphatic carbocycles. The zero-order valence-electron chi connectivity index (χ0n) is 16.5. The summed E-state index contributed by atoms with van der Waals surface area (Å²) < 4.78 is 5.43. The molecule has 0 saturated carbocycles. The van der Waals surface area contributed by atoms with Crippen molar-refractivity contribution in [1.82, 2.24) is 0 Å². The monoisotopic (exact) mass is 431 g/mol. The molecule has 2 aromatic rings. The van der Waals surface area contributed by atoms with Crippen LogP contribution in [0.1, 0.15) is 38.3 Å². The van der Waals surface area contributed by atoms with Crippen LogP contribution in [0.3, 0.4) is 0 Å². The van der Waals surface area contributed by atoms with Gasteiger partial charge in [-0.15, -0.1) is 0 Å². The summed E-state index contributed by atoms with van der Waals surface area (Å²) in [5.41, 5.74) is 0.414. The lowest BCUT2D eigenvalue weighted by molar-refractivity contribution is -0.167. The van der Waals surface area contributed by atoms with Gasteiger partial charge in [0.1, 0.15) is 6.42 Å². The van der Waals surface area contributed by atoms with Crippen LogP contribution in [0, 0.1) is 0 Å². The summed E-state index contributed by atoms with van der Waals surface area (Å²) >= 11 is 7.04. The summed E-state index contributed by atoms with van der Waals surface area (Å²) in [6.45, 7) is 5.68. The van der Waals surface area contributed by atoms with Crippen molar-refractivity contribution in [3.8, 4) is 0 Å². The highest BCUT2D eigenvalue weighted by atomic mass is 35.5. The van der Waals surface area contributed by atoms with E-state index in [0.29, 0.717) is 16.3 Å². The summed E-state index contributed by atoms with van der Waals surface area (Å²) in [7, 11) is 0. The molecule has 7 heteroatoms. The Hall–Kier alpha value is -2.31. The Morgan fingerprint density at radius 2 is 1.76 bits per heavy atom. The number of nitrogens with one attached hydrogen (secondary N) is 1. The fraction of sp³-hybridized carbons (Fsp3) is 0.318. The molecule has 0 spiro atoms. The smallest absolute Gasteiger partial charge is 0.315 e. The van der Waals surface area contributed by atoms with Crippen LogP contribution in [0.5, 0.6) is 0 Å². The summed E-state index contributed by atoms with van der Waals surface area (Å²) in [4.78, 5) is 37.8. The largest absolute Gasteiger partial charge is 0.443 e. The minimum absolute atomic E-state index is 0.138. The third-order valence-corrected chi connectivity index (χ3v) is 5.58. The van der Waals surface area contributed by atoms with Crippen molar-refractivity contribution >= 4 is 46.0 Å². The SMILES string of the molecule is CC(C)(C)SC(=O)CC(=O)O[C@]1(Cc2ccc(Cl)cc2)C(=O)Nc2ccccc21. The fourth-order valence-electron chi connectivity index (χ4n) is 3.22. The number of para-hydroxylation sites is 1. The third kappa shape index (κ3) is 5.00. The topological polar surface area (TPSA) is 72.5 Å². The van der Waals surface area contributed by atoms with Crippen molar-refractivity contribution in [2.24, 2.45) is 0 Å². The number of rotatable bonds is 5. The molecular weight excluding hydrogens is 410 g/mol. The van der Waals surface area contributed by atoms with E-state index in [2.05, 4.69) is 5.32 Å². The van der Waals surface area contributed by atoms with Gasteiger partial charge in [0, 0.05) is 27.4 Å². The number of halogens is 1. The first-order valence-electron chi connectivity index (χ1n) is 9.18. The summed E-state index contributed by atoms with van der Waals surface area (Å²) in [6.07, 6.45) is -0.265. The van der Waals surface area contributed by atoms with Crippen molar-refractivity contribution < 1.29 is 19.1 Å². The number of hydrogen-bond donors (Lipinski definition) is 1. The Balaban J connectivity index is 1.90. The van der Waals surface area contributed by atoms with E-state index in [4.69, 9.17) is 16.3 Å². The molecule has 1 aliphatic rings. The number of ether oxygens (including phenoxy) is 1. The highest BCUT2D eigenvalue weighted by molar-refractivity contribution is 8.14. The molecule has 0 radical (unpaired) electrons. The highest BCUT2D eigenvalue weighted by Gasteiger charge is 2.50. The van der Waals surface area contributed by atoms with Crippen LogP contribution in [0.4, 0.5) is 5.69 Å². The quantitative estimate of drug-likeness (QED) is 0.547. The Morgan fingerprint density at radius 3 is 2.41 bits per heavy atom. The van der Waals surface area contributed by atoms with Gasteiger partial charge in [-0.1, -0.05) is 74.5 Å². The Kier molecular flexibility index (Phi) is 6.05. The molecule has 3 rings (SSSR count). The number of carbonyl (C=O) groups is 3. The lowest BCUT2D eigenvalue weighted by Crippen LogP contribution is -2.41. The van der Waals surface area contributed by atoms with Gasteiger partial charge in [0.2, 0.25) is 10.7 Å². The van der Waals surface area contributed by atoms with Gasteiger partial charge in [0.15, 0.2) is 0 Å². The second kappa shape index (κ2) is 8.20. The van der Waals surface area contributed by atoms with Crippen LogP contribution in [0.15, 0.2) is 48.5 Å². The molecule has 0 unspecified atom stereocenters. The van der Waals surface area contributed by atoms with Gasteiger partial charge in [0.05, 0.1) is 0 Å². The van der Waals surface area contributed by atoms with Crippen molar-refractivity contribution in [3.63, 3.8) is 0 Å². The van der Waals surface area contributed by atoms with Crippen LogP contribution in [0.25, 0.3) is 0 Å². The fourth-order valence-corrected chi connectivity index (χ4v) is 4.22. The normalized spacial score (nSPS) is 18.1. The van der Waals surface area contributed by atoms with E-state index in [-0.39, 0.29) is 16.3 Å². The zero-order valence-corrected chi connectivity index (χ0v) is 18.0. The molecule has 1 atom stereocenters. The van der Waals surface area contributed by atoms with E-state index in [1.165, 1.54) is 0 Å². The summed E-state index contributed by atoms with van der Waals surface area (Å²) in [5.74, 6) is -1.16. The van der Waals surface area contributed by atoms with Crippen LogP contribution in [-0.4, -0.2) is 21.7 Å². The third-order valence-electron chi connectivity index (χ3n) is 4.34. The number of anilines is 1. The van der Waals surface area contributed by atoms with E-state index < -0.39 is 23.9 Å². The van der Waals surface area contributed by atoms with Gasteiger partial charge < -0.3 is 10.1 Å². The van der Waals surface area contributed by atoms with Crippen LogP contribution in [0.2, 0.25) is 5.02 Å². The van der Waals surface area contributed by atoms with E-state index in [1.807, 2.05) is 20.8 Å². The Labute approximate surface area is 179 Å². The minimum Gasteiger partial charge on any atom is -0.443 e. The van der Waals surface area contributed by atoms with Gasteiger partial charge in [-0.3, -0.25) is 14.4 Å². The van der Waals surface area contributed by atoms with E-state index in [9.17, 15) is 14.4 Å². The van der Waals surface area contributed by atoms with Gasteiger partial charge in [-0.2, -0.15) is 0 Å². The van der Waals surface area contributed by atoms with Crippen molar-refractivity contribution in [3.05, 3.63) is 64.7 Å². The van der Waals surface area contributed by atoms with Crippen LogP contribution in [-0.2, 0) is 31.1 Å². The molecule has 0 aromatic heterocycles. The molecule has 29 heavy (non-hydrogen) atoms. The predicted molar refractivity (Wildman–Crippen MR) is 115 cm³/mol. The molecule has 0 bridgehead atoms. The second-order valence-corrected chi connectivity index (χ2v) is 10.2. The number of thioether (sulfide) groups is 1. The van der Waals surface area contributed by atoms with Crippen LogP contribution < -0.4 is 5.32 Å². The second-order valence-electron chi connectivity index (χ2n) is 7.87. The summed E-state index contributed by atoms with van der Waals surface area (Å²) in [5, 5.41) is 3.06.